The molecule has 0 aromatic heterocycles. The van der Waals surface area contributed by atoms with Crippen molar-refractivity contribution < 1.29 is 40.7 Å². The minimum Gasteiger partial charge on any atom is -0.461 e. The normalized spacial score (nSPS) is 12.7. The summed E-state index contributed by atoms with van der Waals surface area (Å²) in [5, 5.41) is 0. The summed E-state index contributed by atoms with van der Waals surface area (Å²) in [6, 6.07) is 0. The van der Waals surface area contributed by atoms with E-state index in [0.717, 1.165) is 38.5 Å². The van der Waals surface area contributed by atoms with Crippen molar-refractivity contribution in [3.05, 3.63) is 0 Å². The van der Waals surface area contributed by atoms with Crippen molar-refractivity contribution in [2.75, 3.05) is 40.4 Å². The van der Waals surface area contributed by atoms with Crippen molar-refractivity contribution in [3.63, 3.8) is 0 Å². The molecule has 9 nitrogen and oxygen atoms in total. The van der Waals surface area contributed by atoms with Gasteiger partial charge in [-0.2, -0.15) is 8.42 Å². The molecule has 10 heteroatoms. The Morgan fingerprint density at radius 1 is 0.560 bits per heavy atom. The Bertz CT molecular complexity index is 896. The maximum atomic E-state index is 12.8. The molecule has 0 aliphatic carbocycles. The van der Waals surface area contributed by atoms with Gasteiger partial charge in [-0.25, -0.2) is 4.18 Å². The second-order valence-electron chi connectivity index (χ2n) is 15.2. The number of hydrogen-bond donors (Lipinski definition) is 1. The fourth-order valence-corrected chi connectivity index (χ4v) is 6.83. The Labute approximate surface area is 308 Å². The molecule has 0 amide bonds. The van der Waals surface area contributed by atoms with Crippen LogP contribution in [0.15, 0.2) is 0 Å². The number of hydrogen-bond acceptors (Lipinski definition) is 7. The lowest BCUT2D eigenvalue weighted by Gasteiger charge is -2.33. The monoisotopic (exact) mass is 735 g/mol. The van der Waals surface area contributed by atoms with Gasteiger partial charge in [0.2, 0.25) is 0 Å². The first-order chi connectivity index (χ1) is 24.0. The smallest absolute Gasteiger partial charge is 0.397 e. The quantitative estimate of drug-likeness (QED) is 0.0288. The molecule has 50 heavy (non-hydrogen) atoms. The molecule has 0 fully saturated rings. The highest BCUT2D eigenvalue weighted by atomic mass is 32.3. The largest absolute Gasteiger partial charge is 0.461 e. The van der Waals surface area contributed by atoms with Crippen molar-refractivity contribution in [1.82, 2.24) is 0 Å². The number of rotatable bonds is 38. The third-order valence-electron chi connectivity index (χ3n) is 9.54. The van der Waals surface area contributed by atoms with Crippen LogP contribution >= 0.6 is 0 Å². The van der Waals surface area contributed by atoms with Gasteiger partial charge in [0, 0.05) is 19.3 Å². The van der Waals surface area contributed by atoms with Crippen LogP contribution in [0, 0.1) is 0 Å². The van der Waals surface area contributed by atoms with E-state index in [9.17, 15) is 18.0 Å². The molecule has 0 aliphatic heterocycles. The average Bonchev–Trinajstić information content (AvgIpc) is 3.05. The molecule has 0 saturated heterocycles. The van der Waals surface area contributed by atoms with Gasteiger partial charge in [-0.3, -0.25) is 14.1 Å². The highest BCUT2D eigenvalue weighted by Gasteiger charge is 2.27. The predicted octanol–water partition coefficient (Wildman–Crippen LogP) is 10.7. The topological polar surface area (TPSA) is 116 Å². The zero-order chi connectivity index (χ0) is 37.2. The molecule has 0 aromatic rings. The van der Waals surface area contributed by atoms with Gasteiger partial charge in [-0.15, -0.1) is 0 Å². The second-order valence-corrected chi connectivity index (χ2v) is 16.3. The molecule has 0 saturated carbocycles. The third kappa shape index (κ3) is 36.6. The number of quaternary nitrogens is 1. The summed E-state index contributed by atoms with van der Waals surface area (Å²) >= 11 is 0. The van der Waals surface area contributed by atoms with E-state index < -0.39 is 16.5 Å². The SMILES string of the molecule is CCCCCCCCCCCCCCCC(=O)OCC(C[N+](C)(C)CCCOS(=O)(=O)O)OC(=O)CCCCCCCCCCCCCCC. The summed E-state index contributed by atoms with van der Waals surface area (Å²) in [6.45, 7) is 5.30. The number of likely N-dealkylation sites (N-methyl/N-ethyl adjacent to an activating group) is 1. The Balaban J connectivity index is 4.39. The molecule has 298 valence electrons. The molecule has 0 spiro atoms. The fraction of sp³-hybridized carbons (Fsp3) is 0.950. The summed E-state index contributed by atoms with van der Waals surface area (Å²) in [7, 11) is -0.598. The summed E-state index contributed by atoms with van der Waals surface area (Å²) in [5.74, 6) is -0.544. The van der Waals surface area contributed by atoms with E-state index >= 15 is 0 Å². The maximum absolute atomic E-state index is 12.8. The molecular weight excluding hydrogens is 655 g/mol. The summed E-state index contributed by atoms with van der Waals surface area (Å²) in [6.07, 6.45) is 32.8. The Hall–Kier alpha value is -1.23. The van der Waals surface area contributed by atoms with Gasteiger partial charge in [0.1, 0.15) is 13.2 Å². The first-order valence-electron chi connectivity index (χ1n) is 20.8. The van der Waals surface area contributed by atoms with Crippen molar-refractivity contribution in [2.24, 2.45) is 0 Å². The number of carbonyl (C=O) groups excluding carboxylic acids is 2. The zero-order valence-electron chi connectivity index (χ0n) is 33.1. The van der Waals surface area contributed by atoms with Crippen LogP contribution < -0.4 is 0 Å². The average molecular weight is 735 g/mol. The van der Waals surface area contributed by atoms with Crippen LogP contribution in [0.1, 0.15) is 200 Å². The lowest BCUT2D eigenvalue weighted by Crippen LogP contribution is -2.49. The number of nitrogens with zero attached hydrogens (tertiary/aromatic N) is 1. The van der Waals surface area contributed by atoms with Crippen LogP contribution in [0.3, 0.4) is 0 Å². The van der Waals surface area contributed by atoms with Crippen molar-refractivity contribution >= 4 is 22.3 Å². The third-order valence-corrected chi connectivity index (χ3v) is 10.00. The van der Waals surface area contributed by atoms with Crippen LogP contribution in [0.4, 0.5) is 0 Å². The summed E-state index contributed by atoms with van der Waals surface area (Å²) in [4.78, 5) is 25.3. The molecule has 0 aliphatic rings. The minimum absolute atomic E-state index is 0.00478. The molecule has 1 unspecified atom stereocenters. The molecule has 0 heterocycles. The van der Waals surface area contributed by atoms with Gasteiger partial charge >= 0.3 is 22.3 Å². The Kier molecular flexibility index (Phi) is 32.8. The van der Waals surface area contributed by atoms with E-state index in [-0.39, 0.29) is 25.2 Å². The lowest BCUT2D eigenvalue weighted by atomic mass is 10.0. The fourth-order valence-electron chi connectivity index (χ4n) is 6.50. The predicted molar refractivity (Wildman–Crippen MR) is 205 cm³/mol. The number of carbonyl (C=O) groups is 2. The van der Waals surface area contributed by atoms with Crippen LogP contribution in [0.2, 0.25) is 0 Å². The highest BCUT2D eigenvalue weighted by molar-refractivity contribution is 7.80. The van der Waals surface area contributed by atoms with E-state index in [0.29, 0.717) is 36.8 Å². The number of ether oxygens (including phenoxy) is 2. The van der Waals surface area contributed by atoms with E-state index in [1.807, 2.05) is 14.1 Å². The summed E-state index contributed by atoms with van der Waals surface area (Å²) < 4.78 is 46.8. The Morgan fingerprint density at radius 3 is 1.30 bits per heavy atom. The van der Waals surface area contributed by atoms with Crippen molar-refractivity contribution in [3.8, 4) is 0 Å². The van der Waals surface area contributed by atoms with Crippen molar-refractivity contribution in [1.29, 1.82) is 0 Å². The van der Waals surface area contributed by atoms with Gasteiger partial charge in [0.15, 0.2) is 6.10 Å². The van der Waals surface area contributed by atoms with Gasteiger partial charge in [-0.1, -0.05) is 168 Å². The second kappa shape index (κ2) is 33.6. The Morgan fingerprint density at radius 2 is 0.920 bits per heavy atom. The van der Waals surface area contributed by atoms with Gasteiger partial charge in [0.05, 0.1) is 27.2 Å². The minimum atomic E-state index is -4.48. The molecule has 0 rings (SSSR count). The van der Waals surface area contributed by atoms with Crippen LogP contribution in [0.5, 0.6) is 0 Å². The first kappa shape index (κ1) is 48.8. The van der Waals surface area contributed by atoms with Crippen LogP contribution in [-0.2, 0) is 33.6 Å². The van der Waals surface area contributed by atoms with Gasteiger partial charge in [0.25, 0.3) is 0 Å². The number of esters is 2. The van der Waals surface area contributed by atoms with Gasteiger partial charge < -0.3 is 14.0 Å². The standard InChI is InChI=1S/C40H79NO8S/c1-5-7-9-11-13-15-17-19-21-23-25-27-29-32-39(42)47-37-38(36-41(3,4)34-31-35-48-50(44,45)46)49-40(43)33-30-28-26-24-22-20-18-16-14-12-10-8-6-2/h38H,5-37H2,1-4H3/p+1. The van der Waals surface area contributed by atoms with E-state index in [1.54, 1.807) is 0 Å². The molecular formula is C40H80NO8S+. The van der Waals surface area contributed by atoms with E-state index in [1.165, 1.54) is 128 Å². The molecule has 1 N–H and O–H groups in total. The maximum Gasteiger partial charge on any atom is 0.397 e. The molecule has 1 atom stereocenters. The summed E-state index contributed by atoms with van der Waals surface area (Å²) in [5.41, 5.74) is 0. The highest BCUT2D eigenvalue weighted by Crippen LogP contribution is 2.16. The van der Waals surface area contributed by atoms with E-state index in [2.05, 4.69) is 18.0 Å². The van der Waals surface area contributed by atoms with E-state index in [4.69, 9.17) is 14.0 Å². The first-order valence-corrected chi connectivity index (χ1v) is 22.1. The van der Waals surface area contributed by atoms with Crippen molar-refractivity contribution in [2.45, 2.75) is 206 Å². The molecule has 0 radical (unpaired) electrons. The zero-order valence-corrected chi connectivity index (χ0v) is 33.9. The molecule has 0 bridgehead atoms. The number of unbranched alkanes of at least 4 members (excludes halogenated alkanes) is 24. The molecule has 0 aromatic carbocycles. The van der Waals surface area contributed by atoms with Crippen LogP contribution in [-0.4, -0.2) is 75.9 Å². The lowest BCUT2D eigenvalue weighted by molar-refractivity contribution is -0.893. The van der Waals surface area contributed by atoms with Crippen LogP contribution in [0.25, 0.3) is 0 Å². The van der Waals surface area contributed by atoms with Gasteiger partial charge in [-0.05, 0) is 12.8 Å².